The van der Waals surface area contributed by atoms with Crippen LogP contribution < -0.4 is 5.11 Å². The van der Waals surface area contributed by atoms with Gasteiger partial charge in [-0.3, -0.25) is 0 Å². The van der Waals surface area contributed by atoms with E-state index in [4.69, 9.17) is 5.11 Å². The molecule has 0 bridgehead atoms. The highest BCUT2D eigenvalue weighted by molar-refractivity contribution is 5.68. The quantitative estimate of drug-likeness (QED) is 0.286. The van der Waals surface area contributed by atoms with E-state index in [0.29, 0.717) is 24.1 Å². The van der Waals surface area contributed by atoms with E-state index < -0.39 is 18.0 Å². The number of nitrogens with zero attached hydrogens (tertiary/aromatic N) is 1. The second-order valence-electron chi connectivity index (χ2n) is 8.72. The highest BCUT2D eigenvalue weighted by Gasteiger charge is 2.25. The molecule has 0 aliphatic heterocycles. The van der Waals surface area contributed by atoms with E-state index in [2.05, 4.69) is 0 Å². The van der Waals surface area contributed by atoms with Gasteiger partial charge in [-0.2, -0.15) is 0 Å². The molecule has 2 unspecified atom stereocenters. The molecule has 0 heterocycles. The standard InChI is InChI=1S/C21H43NO4/c1-22(2,3)18-20(24)19(21(25)26)16-14-12-10-8-6-4-5-7-9-11-13-15-17-23/h19-20,23-24H,4-18H2,1-3H3. The Morgan fingerprint density at radius 1 is 0.808 bits per heavy atom. The predicted octanol–water partition coefficient (Wildman–Crippen LogP) is 2.48. The summed E-state index contributed by atoms with van der Waals surface area (Å²) in [6.45, 7) is 0.747. The summed E-state index contributed by atoms with van der Waals surface area (Å²) in [4.78, 5) is 11.3. The molecular weight excluding hydrogens is 330 g/mol. The molecule has 0 saturated carbocycles. The predicted molar refractivity (Wildman–Crippen MR) is 105 cm³/mol. The van der Waals surface area contributed by atoms with Crippen LogP contribution in [-0.2, 0) is 4.79 Å². The van der Waals surface area contributed by atoms with Crippen molar-refractivity contribution in [2.24, 2.45) is 5.92 Å². The van der Waals surface area contributed by atoms with Crippen LogP contribution in [-0.4, -0.2) is 61.1 Å². The van der Waals surface area contributed by atoms with Crippen molar-refractivity contribution in [2.45, 2.75) is 89.6 Å². The van der Waals surface area contributed by atoms with Gasteiger partial charge in [0.15, 0.2) is 0 Å². The van der Waals surface area contributed by atoms with Gasteiger partial charge in [0.05, 0.1) is 21.1 Å². The lowest BCUT2D eigenvalue weighted by Gasteiger charge is -2.31. The van der Waals surface area contributed by atoms with E-state index in [1.54, 1.807) is 0 Å². The summed E-state index contributed by atoms with van der Waals surface area (Å²) in [6.07, 6.45) is 13.6. The molecule has 2 N–H and O–H groups in total. The molecule has 0 spiro atoms. The Kier molecular flexibility index (Phi) is 15.0. The van der Waals surface area contributed by atoms with Crippen LogP contribution in [0.15, 0.2) is 0 Å². The van der Waals surface area contributed by atoms with Gasteiger partial charge in [0.1, 0.15) is 12.6 Å². The number of aliphatic hydroxyl groups excluding tert-OH is 2. The lowest BCUT2D eigenvalue weighted by Crippen LogP contribution is -2.48. The highest BCUT2D eigenvalue weighted by Crippen LogP contribution is 2.17. The Hall–Kier alpha value is -0.650. The minimum atomic E-state index is -1.12. The topological polar surface area (TPSA) is 80.6 Å². The first-order valence-corrected chi connectivity index (χ1v) is 10.6. The van der Waals surface area contributed by atoms with Gasteiger partial charge in [0.2, 0.25) is 0 Å². The molecule has 0 aromatic carbocycles. The first kappa shape index (κ1) is 25.4. The fraction of sp³-hybridized carbons (Fsp3) is 0.952. The van der Waals surface area contributed by atoms with Gasteiger partial charge in [-0.25, -0.2) is 0 Å². The second-order valence-corrected chi connectivity index (χ2v) is 8.72. The number of aliphatic hydroxyl groups is 2. The van der Waals surface area contributed by atoms with Crippen molar-refractivity contribution in [1.29, 1.82) is 0 Å². The highest BCUT2D eigenvalue weighted by atomic mass is 16.4. The molecule has 0 radical (unpaired) electrons. The molecular formula is C21H43NO4. The summed E-state index contributed by atoms with van der Waals surface area (Å²) < 4.78 is 0.548. The van der Waals surface area contributed by atoms with Crippen molar-refractivity contribution < 1.29 is 24.6 Å². The van der Waals surface area contributed by atoms with Gasteiger partial charge in [-0.1, -0.05) is 70.6 Å². The van der Waals surface area contributed by atoms with Crippen LogP contribution in [0.2, 0.25) is 0 Å². The monoisotopic (exact) mass is 373 g/mol. The minimum absolute atomic E-state index is 0.318. The third-order valence-electron chi connectivity index (χ3n) is 4.93. The third kappa shape index (κ3) is 15.6. The summed E-state index contributed by atoms with van der Waals surface area (Å²) in [5.41, 5.74) is 0. The first-order valence-electron chi connectivity index (χ1n) is 10.6. The van der Waals surface area contributed by atoms with E-state index in [0.717, 1.165) is 32.1 Å². The van der Waals surface area contributed by atoms with Gasteiger partial charge in [-0.15, -0.1) is 0 Å². The molecule has 0 fully saturated rings. The molecule has 26 heavy (non-hydrogen) atoms. The van der Waals surface area contributed by atoms with Crippen LogP contribution in [0.1, 0.15) is 83.5 Å². The number of hydrogen-bond acceptors (Lipinski definition) is 4. The third-order valence-corrected chi connectivity index (χ3v) is 4.93. The zero-order chi connectivity index (χ0) is 19.8. The number of rotatable bonds is 18. The zero-order valence-electron chi connectivity index (χ0n) is 17.4. The van der Waals surface area contributed by atoms with Crippen molar-refractivity contribution in [2.75, 3.05) is 34.3 Å². The normalized spacial score (nSPS) is 14.3. The Morgan fingerprint density at radius 3 is 1.54 bits per heavy atom. The number of aliphatic carboxylic acids is 1. The fourth-order valence-electron chi connectivity index (χ4n) is 3.40. The maximum Gasteiger partial charge on any atom is 0.111 e. The lowest BCUT2D eigenvalue weighted by molar-refractivity contribution is -0.874. The van der Waals surface area contributed by atoms with Crippen LogP contribution in [0.4, 0.5) is 0 Å². The van der Waals surface area contributed by atoms with E-state index in [9.17, 15) is 15.0 Å². The lowest BCUT2D eigenvalue weighted by atomic mass is 9.94. The average molecular weight is 374 g/mol. The van der Waals surface area contributed by atoms with Gasteiger partial charge in [-0.05, 0) is 12.8 Å². The molecule has 0 aromatic heterocycles. The number of carbonyl (C=O) groups is 1. The zero-order valence-corrected chi connectivity index (χ0v) is 17.4. The molecule has 0 aliphatic carbocycles. The molecule has 0 saturated heterocycles. The van der Waals surface area contributed by atoms with Crippen molar-refractivity contribution in [3.63, 3.8) is 0 Å². The van der Waals surface area contributed by atoms with Gasteiger partial charge >= 0.3 is 0 Å². The molecule has 0 aliphatic rings. The number of hydrogen-bond donors (Lipinski definition) is 2. The number of likely N-dealkylation sites (N-methyl/N-ethyl adjacent to an activating group) is 1. The average Bonchev–Trinajstić information content (AvgIpc) is 2.53. The van der Waals surface area contributed by atoms with Crippen LogP contribution in [0.3, 0.4) is 0 Å². The Bertz CT molecular complexity index is 341. The fourth-order valence-corrected chi connectivity index (χ4v) is 3.40. The van der Waals surface area contributed by atoms with Crippen LogP contribution >= 0.6 is 0 Å². The SMILES string of the molecule is C[N+](C)(C)CC(O)C(CCCCCCCCCCCCCCO)C(=O)[O-]. The number of carboxylic acids is 1. The molecule has 2 atom stereocenters. The summed E-state index contributed by atoms with van der Waals surface area (Å²) in [6, 6.07) is 0. The molecule has 156 valence electrons. The summed E-state index contributed by atoms with van der Waals surface area (Å²) >= 11 is 0. The Morgan fingerprint density at radius 2 is 1.19 bits per heavy atom. The summed E-state index contributed by atoms with van der Waals surface area (Å²) in [5, 5.41) is 30.2. The first-order chi connectivity index (χ1) is 12.3. The Balaban J connectivity index is 3.61. The molecule has 5 nitrogen and oxygen atoms in total. The minimum Gasteiger partial charge on any atom is -0.550 e. The summed E-state index contributed by atoms with van der Waals surface area (Å²) in [7, 11) is 5.85. The maximum absolute atomic E-state index is 11.3. The van der Waals surface area contributed by atoms with E-state index in [1.165, 1.54) is 44.9 Å². The van der Waals surface area contributed by atoms with Crippen LogP contribution in [0.25, 0.3) is 0 Å². The molecule has 0 aromatic rings. The molecule has 0 rings (SSSR count). The Labute approximate surface area is 161 Å². The van der Waals surface area contributed by atoms with Crippen molar-refractivity contribution in [3.05, 3.63) is 0 Å². The van der Waals surface area contributed by atoms with Crippen LogP contribution in [0, 0.1) is 5.92 Å². The van der Waals surface area contributed by atoms with Crippen molar-refractivity contribution >= 4 is 5.97 Å². The smallest absolute Gasteiger partial charge is 0.111 e. The summed E-state index contributed by atoms with van der Waals surface area (Å²) in [5.74, 6) is -1.87. The van der Waals surface area contributed by atoms with E-state index in [-0.39, 0.29) is 0 Å². The van der Waals surface area contributed by atoms with E-state index in [1.807, 2.05) is 21.1 Å². The largest absolute Gasteiger partial charge is 0.550 e. The number of unbranched alkanes of at least 4 members (excludes halogenated alkanes) is 11. The van der Waals surface area contributed by atoms with Gasteiger partial charge in [0.25, 0.3) is 0 Å². The number of carboxylic acid groups (broad SMARTS) is 1. The van der Waals surface area contributed by atoms with Gasteiger partial charge in [0, 0.05) is 18.5 Å². The van der Waals surface area contributed by atoms with Crippen molar-refractivity contribution in [1.82, 2.24) is 0 Å². The van der Waals surface area contributed by atoms with E-state index >= 15 is 0 Å². The number of quaternary nitrogens is 1. The molecule has 5 heteroatoms. The van der Waals surface area contributed by atoms with Crippen LogP contribution in [0.5, 0.6) is 0 Å². The number of carbonyl (C=O) groups excluding carboxylic acids is 1. The second kappa shape index (κ2) is 15.4. The molecule has 0 amide bonds. The van der Waals surface area contributed by atoms with Gasteiger partial charge < -0.3 is 24.6 Å². The maximum atomic E-state index is 11.3. The van der Waals surface area contributed by atoms with Crippen molar-refractivity contribution in [3.8, 4) is 0 Å².